The third-order valence-electron chi connectivity index (χ3n) is 3.99. The van der Waals surface area contributed by atoms with Gasteiger partial charge in [0.2, 0.25) is 0 Å². The van der Waals surface area contributed by atoms with E-state index in [4.69, 9.17) is 9.47 Å². The number of fused-ring (bicyclic) bond motifs is 1. The maximum Gasteiger partial charge on any atom is 0.328 e. The number of benzene rings is 3. The predicted molar refractivity (Wildman–Crippen MR) is 107 cm³/mol. The Morgan fingerprint density at radius 3 is 2.24 bits per heavy atom. The van der Waals surface area contributed by atoms with Gasteiger partial charge in [-0.05, 0) is 35.7 Å². The van der Waals surface area contributed by atoms with Crippen molar-refractivity contribution in [1.82, 2.24) is 10.9 Å². The summed E-state index contributed by atoms with van der Waals surface area (Å²) in [5.41, 5.74) is 4.68. The number of hydrazine groups is 1. The highest BCUT2D eigenvalue weighted by Gasteiger charge is 2.15. The third kappa shape index (κ3) is 5.23. The standard InChI is InChI=1S/C21H19N3O5/c1-28-15-9-11-16(12-10-15)29-13-19(25)23-24-21(27)20(26)22-18-8-4-6-14-5-2-3-7-17(14)18/h2-12H,13H2,1H3,(H,22,26)(H,23,25)(H,24,27). The van der Waals surface area contributed by atoms with Crippen molar-refractivity contribution in [2.24, 2.45) is 0 Å². The van der Waals surface area contributed by atoms with E-state index in [9.17, 15) is 14.4 Å². The van der Waals surface area contributed by atoms with Crippen molar-refractivity contribution < 1.29 is 23.9 Å². The first-order valence-electron chi connectivity index (χ1n) is 8.71. The molecule has 0 atom stereocenters. The number of nitrogens with one attached hydrogen (secondary N) is 3. The lowest BCUT2D eigenvalue weighted by Gasteiger charge is -2.10. The number of ether oxygens (including phenoxy) is 2. The number of carbonyl (C=O) groups is 3. The molecular weight excluding hydrogens is 374 g/mol. The SMILES string of the molecule is COc1ccc(OCC(=O)NNC(=O)C(=O)Nc2cccc3ccccc23)cc1. The van der Waals surface area contributed by atoms with Crippen molar-refractivity contribution in [3.8, 4) is 11.5 Å². The summed E-state index contributed by atoms with van der Waals surface area (Å²) in [6.45, 7) is -0.336. The Morgan fingerprint density at radius 2 is 1.48 bits per heavy atom. The first kappa shape index (κ1) is 19.7. The molecule has 0 aliphatic rings. The Morgan fingerprint density at radius 1 is 0.793 bits per heavy atom. The predicted octanol–water partition coefficient (Wildman–Crippen LogP) is 2.01. The second-order valence-corrected chi connectivity index (χ2v) is 5.95. The summed E-state index contributed by atoms with van der Waals surface area (Å²) >= 11 is 0. The highest BCUT2D eigenvalue weighted by Crippen LogP contribution is 2.22. The highest BCUT2D eigenvalue weighted by molar-refractivity contribution is 6.40. The summed E-state index contributed by atoms with van der Waals surface area (Å²) in [4.78, 5) is 35.8. The van der Waals surface area contributed by atoms with Crippen LogP contribution in [-0.2, 0) is 14.4 Å². The van der Waals surface area contributed by atoms with Crippen LogP contribution < -0.4 is 25.6 Å². The van der Waals surface area contributed by atoms with E-state index in [1.165, 1.54) is 0 Å². The lowest BCUT2D eigenvalue weighted by molar-refractivity contribution is -0.138. The minimum absolute atomic E-state index is 0.336. The largest absolute Gasteiger partial charge is 0.497 e. The maximum absolute atomic E-state index is 12.1. The van der Waals surface area contributed by atoms with Crippen molar-refractivity contribution in [2.45, 2.75) is 0 Å². The van der Waals surface area contributed by atoms with E-state index in [1.54, 1.807) is 43.5 Å². The zero-order chi connectivity index (χ0) is 20.6. The Bertz CT molecular complexity index is 1030. The van der Waals surface area contributed by atoms with Gasteiger partial charge in [-0.25, -0.2) is 0 Å². The van der Waals surface area contributed by atoms with Crippen LogP contribution in [0, 0.1) is 0 Å². The molecular formula is C21H19N3O5. The summed E-state index contributed by atoms with van der Waals surface area (Å²) in [7, 11) is 1.54. The van der Waals surface area contributed by atoms with E-state index in [0.29, 0.717) is 17.2 Å². The molecule has 3 N–H and O–H groups in total. The van der Waals surface area contributed by atoms with Gasteiger partial charge in [0.05, 0.1) is 7.11 Å². The number of carbonyl (C=O) groups excluding carboxylic acids is 3. The van der Waals surface area contributed by atoms with E-state index >= 15 is 0 Å². The molecule has 0 spiro atoms. The molecule has 0 fully saturated rings. The summed E-state index contributed by atoms with van der Waals surface area (Å²) in [6.07, 6.45) is 0. The second-order valence-electron chi connectivity index (χ2n) is 5.95. The first-order chi connectivity index (χ1) is 14.1. The van der Waals surface area contributed by atoms with Crippen LogP contribution in [0.4, 0.5) is 5.69 Å². The molecule has 0 saturated heterocycles. The fourth-order valence-corrected chi connectivity index (χ4v) is 2.55. The van der Waals surface area contributed by atoms with Crippen molar-refractivity contribution in [2.75, 3.05) is 19.0 Å². The van der Waals surface area contributed by atoms with Gasteiger partial charge in [0.1, 0.15) is 11.5 Å². The van der Waals surface area contributed by atoms with Crippen molar-refractivity contribution in [3.63, 3.8) is 0 Å². The lowest BCUT2D eigenvalue weighted by atomic mass is 10.1. The molecule has 0 aromatic heterocycles. The molecule has 3 aromatic rings. The number of methoxy groups -OCH3 is 1. The van der Waals surface area contributed by atoms with Gasteiger partial charge in [-0.15, -0.1) is 0 Å². The summed E-state index contributed by atoms with van der Waals surface area (Å²) in [5.74, 6) is -1.41. The molecule has 0 saturated carbocycles. The molecule has 3 amide bonds. The normalized spacial score (nSPS) is 10.1. The fourth-order valence-electron chi connectivity index (χ4n) is 2.55. The zero-order valence-corrected chi connectivity index (χ0v) is 15.6. The Kier molecular flexibility index (Phi) is 6.26. The fraction of sp³-hybridized carbons (Fsp3) is 0.0952. The Balaban J connectivity index is 1.48. The quantitative estimate of drug-likeness (QED) is 0.454. The molecule has 0 aliphatic carbocycles. The minimum Gasteiger partial charge on any atom is -0.497 e. The van der Waals surface area contributed by atoms with Gasteiger partial charge < -0.3 is 14.8 Å². The number of rotatable bonds is 5. The van der Waals surface area contributed by atoms with Crippen LogP contribution in [0.3, 0.4) is 0 Å². The van der Waals surface area contributed by atoms with Crippen LogP contribution in [-0.4, -0.2) is 31.4 Å². The molecule has 29 heavy (non-hydrogen) atoms. The Hall–Kier alpha value is -4.07. The third-order valence-corrected chi connectivity index (χ3v) is 3.99. The van der Waals surface area contributed by atoms with Crippen LogP contribution in [0.25, 0.3) is 10.8 Å². The molecule has 0 unspecified atom stereocenters. The van der Waals surface area contributed by atoms with E-state index in [1.807, 2.05) is 30.3 Å². The van der Waals surface area contributed by atoms with Gasteiger partial charge in [0.25, 0.3) is 5.91 Å². The van der Waals surface area contributed by atoms with Crippen molar-refractivity contribution >= 4 is 34.2 Å². The van der Waals surface area contributed by atoms with Crippen LogP contribution >= 0.6 is 0 Å². The smallest absolute Gasteiger partial charge is 0.328 e. The average Bonchev–Trinajstić information content (AvgIpc) is 2.76. The zero-order valence-electron chi connectivity index (χ0n) is 15.6. The van der Waals surface area contributed by atoms with Crippen LogP contribution in [0.5, 0.6) is 11.5 Å². The summed E-state index contributed by atoms with van der Waals surface area (Å²) < 4.78 is 10.3. The van der Waals surface area contributed by atoms with Crippen LogP contribution in [0.15, 0.2) is 66.7 Å². The monoisotopic (exact) mass is 393 g/mol. The minimum atomic E-state index is -1.00. The summed E-state index contributed by atoms with van der Waals surface area (Å²) in [5, 5.41) is 4.26. The van der Waals surface area contributed by atoms with Gasteiger partial charge >= 0.3 is 11.8 Å². The molecule has 0 heterocycles. The summed E-state index contributed by atoms with van der Waals surface area (Å²) in [6, 6.07) is 19.5. The molecule has 8 nitrogen and oxygen atoms in total. The van der Waals surface area contributed by atoms with Gasteiger partial charge in [0.15, 0.2) is 6.61 Å². The highest BCUT2D eigenvalue weighted by atomic mass is 16.5. The van der Waals surface area contributed by atoms with E-state index < -0.39 is 17.7 Å². The number of amides is 3. The van der Waals surface area contributed by atoms with Crippen LogP contribution in [0.2, 0.25) is 0 Å². The Labute approximate surface area is 166 Å². The lowest BCUT2D eigenvalue weighted by Crippen LogP contribution is -2.48. The average molecular weight is 393 g/mol. The molecule has 148 valence electrons. The molecule has 3 rings (SSSR count). The second kappa shape index (κ2) is 9.23. The molecule has 0 aliphatic heterocycles. The van der Waals surface area contributed by atoms with Crippen molar-refractivity contribution in [3.05, 3.63) is 66.7 Å². The van der Waals surface area contributed by atoms with Gasteiger partial charge in [0, 0.05) is 11.1 Å². The van der Waals surface area contributed by atoms with E-state index in [2.05, 4.69) is 16.2 Å². The van der Waals surface area contributed by atoms with Gasteiger partial charge in [-0.3, -0.25) is 25.2 Å². The van der Waals surface area contributed by atoms with Gasteiger partial charge in [-0.2, -0.15) is 0 Å². The number of anilines is 1. The topological polar surface area (TPSA) is 106 Å². The van der Waals surface area contributed by atoms with Crippen molar-refractivity contribution in [1.29, 1.82) is 0 Å². The number of hydrogen-bond donors (Lipinski definition) is 3. The van der Waals surface area contributed by atoms with Gasteiger partial charge in [-0.1, -0.05) is 36.4 Å². The molecule has 8 heteroatoms. The molecule has 0 radical (unpaired) electrons. The van der Waals surface area contributed by atoms with E-state index in [-0.39, 0.29) is 6.61 Å². The molecule has 0 bridgehead atoms. The molecule has 3 aromatic carbocycles. The van der Waals surface area contributed by atoms with Crippen LogP contribution in [0.1, 0.15) is 0 Å². The van der Waals surface area contributed by atoms with E-state index in [0.717, 1.165) is 10.8 Å². The first-order valence-corrected chi connectivity index (χ1v) is 8.71. The maximum atomic E-state index is 12.1. The number of hydrogen-bond acceptors (Lipinski definition) is 5.